The van der Waals surface area contributed by atoms with Gasteiger partial charge in [-0.2, -0.15) is 0 Å². The predicted molar refractivity (Wildman–Crippen MR) is 127 cm³/mol. The first-order valence-corrected chi connectivity index (χ1v) is 10.7. The molecule has 0 aliphatic carbocycles. The Bertz CT molecular complexity index is 487. The van der Waals surface area contributed by atoms with Crippen LogP contribution in [0.1, 0.15) is 32.1 Å². The van der Waals surface area contributed by atoms with E-state index in [-0.39, 0.29) is 35.9 Å². The number of carbonyl (C=O) groups is 1. The minimum Gasteiger partial charge on any atom is -0.381 e. The number of likely N-dealkylation sites (N-methyl/N-ethyl adjacent to an activating group) is 1. The van der Waals surface area contributed by atoms with Gasteiger partial charge in [0.1, 0.15) is 0 Å². The normalized spacial score (nSPS) is 22.4. The summed E-state index contributed by atoms with van der Waals surface area (Å²) in [6.45, 7) is 6.93. The van der Waals surface area contributed by atoms with Crippen molar-refractivity contribution in [3.05, 3.63) is 0 Å². The zero-order valence-electron chi connectivity index (χ0n) is 18.3. The summed E-state index contributed by atoms with van der Waals surface area (Å²) < 4.78 is 11.1. The van der Waals surface area contributed by atoms with Gasteiger partial charge in [0, 0.05) is 59.9 Å². The average Bonchev–Trinajstić information content (AvgIpc) is 3.37. The summed E-state index contributed by atoms with van der Waals surface area (Å²) in [6.07, 6.45) is 5.15. The van der Waals surface area contributed by atoms with Gasteiger partial charge in [-0.3, -0.25) is 14.7 Å². The molecular weight excluding hydrogens is 485 g/mol. The van der Waals surface area contributed by atoms with Crippen molar-refractivity contribution in [2.24, 2.45) is 10.9 Å². The van der Waals surface area contributed by atoms with Crippen molar-refractivity contribution in [3.63, 3.8) is 0 Å². The van der Waals surface area contributed by atoms with Crippen molar-refractivity contribution < 1.29 is 14.3 Å². The van der Waals surface area contributed by atoms with E-state index >= 15 is 0 Å². The van der Waals surface area contributed by atoms with E-state index in [1.165, 1.54) is 0 Å². The van der Waals surface area contributed by atoms with Gasteiger partial charge in [0.2, 0.25) is 5.91 Å². The first kappa shape index (κ1) is 26.4. The van der Waals surface area contributed by atoms with Gasteiger partial charge in [-0.25, -0.2) is 0 Å². The van der Waals surface area contributed by atoms with Gasteiger partial charge in [-0.05, 0) is 38.6 Å². The maximum atomic E-state index is 12.2. The number of hydrogen-bond donors (Lipinski definition) is 2. The van der Waals surface area contributed by atoms with Crippen molar-refractivity contribution in [1.29, 1.82) is 0 Å². The molecule has 9 heteroatoms. The Labute approximate surface area is 193 Å². The van der Waals surface area contributed by atoms with Gasteiger partial charge in [0.25, 0.3) is 0 Å². The van der Waals surface area contributed by atoms with E-state index in [2.05, 4.69) is 20.5 Å². The topological polar surface area (TPSA) is 78.4 Å². The smallest absolute Gasteiger partial charge is 0.239 e. The molecule has 0 bridgehead atoms. The van der Waals surface area contributed by atoms with Crippen molar-refractivity contribution in [3.8, 4) is 0 Å². The van der Waals surface area contributed by atoms with Crippen molar-refractivity contribution >= 4 is 35.8 Å². The zero-order valence-corrected chi connectivity index (χ0v) is 20.7. The molecular formula is C20H40IN5O3. The van der Waals surface area contributed by atoms with Crippen LogP contribution in [-0.2, 0) is 14.3 Å². The van der Waals surface area contributed by atoms with Crippen LogP contribution in [0.15, 0.2) is 4.99 Å². The summed E-state index contributed by atoms with van der Waals surface area (Å²) in [4.78, 5) is 20.5. The van der Waals surface area contributed by atoms with Crippen LogP contribution in [0.4, 0.5) is 0 Å². The number of ether oxygens (including phenoxy) is 2. The molecule has 0 aromatic carbocycles. The molecule has 0 radical (unpaired) electrons. The van der Waals surface area contributed by atoms with Gasteiger partial charge >= 0.3 is 0 Å². The highest BCUT2D eigenvalue weighted by Crippen LogP contribution is 2.18. The van der Waals surface area contributed by atoms with E-state index in [9.17, 15) is 4.79 Å². The fourth-order valence-corrected chi connectivity index (χ4v) is 3.73. The predicted octanol–water partition coefficient (Wildman–Crippen LogP) is 1.16. The lowest BCUT2D eigenvalue weighted by Crippen LogP contribution is -2.44. The van der Waals surface area contributed by atoms with Crippen LogP contribution < -0.4 is 10.6 Å². The van der Waals surface area contributed by atoms with Crippen molar-refractivity contribution in [1.82, 2.24) is 20.4 Å². The van der Waals surface area contributed by atoms with Crippen LogP contribution in [0.2, 0.25) is 0 Å². The van der Waals surface area contributed by atoms with E-state index in [1.54, 1.807) is 11.9 Å². The lowest BCUT2D eigenvalue weighted by atomic mass is 10.1. The summed E-state index contributed by atoms with van der Waals surface area (Å²) >= 11 is 0. The Hall–Kier alpha value is -0.650. The van der Waals surface area contributed by atoms with Crippen LogP contribution >= 0.6 is 24.0 Å². The highest BCUT2D eigenvalue weighted by molar-refractivity contribution is 14.0. The summed E-state index contributed by atoms with van der Waals surface area (Å²) in [6, 6.07) is 0.0585. The molecule has 2 atom stereocenters. The molecule has 0 aromatic rings. The quantitative estimate of drug-likeness (QED) is 0.183. The first-order chi connectivity index (χ1) is 13.6. The minimum absolute atomic E-state index is 0. The first-order valence-electron chi connectivity index (χ1n) is 10.7. The monoisotopic (exact) mass is 525 g/mol. The molecule has 2 aliphatic heterocycles. The highest BCUT2D eigenvalue weighted by Gasteiger charge is 2.30. The van der Waals surface area contributed by atoms with Crippen LogP contribution in [0, 0.1) is 5.92 Å². The number of aliphatic imine (C=N–C) groups is 1. The molecule has 2 saturated heterocycles. The van der Waals surface area contributed by atoms with E-state index in [1.807, 2.05) is 14.1 Å². The Morgan fingerprint density at radius 2 is 2.00 bits per heavy atom. The number of nitrogens with zero attached hydrogens (tertiary/aromatic N) is 3. The van der Waals surface area contributed by atoms with E-state index in [4.69, 9.17) is 9.47 Å². The number of hydrogen-bond acceptors (Lipinski definition) is 5. The molecule has 2 N–H and O–H groups in total. The van der Waals surface area contributed by atoms with E-state index in [0.717, 1.165) is 90.7 Å². The minimum atomic E-state index is 0. The molecule has 29 heavy (non-hydrogen) atoms. The lowest BCUT2D eigenvalue weighted by Gasteiger charge is -2.26. The summed E-state index contributed by atoms with van der Waals surface area (Å²) in [5.74, 6) is 1.63. The molecule has 2 rings (SSSR count). The Balaban J connectivity index is 0.00000420. The molecule has 170 valence electrons. The highest BCUT2D eigenvalue weighted by atomic mass is 127. The molecule has 0 spiro atoms. The third kappa shape index (κ3) is 9.80. The van der Waals surface area contributed by atoms with Crippen LogP contribution in [0.3, 0.4) is 0 Å². The fourth-order valence-electron chi connectivity index (χ4n) is 3.73. The molecule has 8 nitrogen and oxygen atoms in total. The van der Waals surface area contributed by atoms with Crippen molar-refractivity contribution in [2.45, 2.75) is 38.1 Å². The Kier molecular flexibility index (Phi) is 13.8. The number of carbonyl (C=O) groups excluding carboxylic acids is 1. The molecule has 2 fully saturated rings. The van der Waals surface area contributed by atoms with Gasteiger partial charge in [0.05, 0.1) is 19.3 Å². The Morgan fingerprint density at radius 1 is 1.24 bits per heavy atom. The second-order valence-electron chi connectivity index (χ2n) is 7.86. The summed E-state index contributed by atoms with van der Waals surface area (Å²) in [5, 5.41) is 6.68. The van der Waals surface area contributed by atoms with E-state index in [0.29, 0.717) is 5.92 Å². The number of likely N-dealkylation sites (tertiary alicyclic amines) is 1. The third-order valence-corrected chi connectivity index (χ3v) is 5.36. The number of guanidine groups is 1. The molecule has 1 amide bonds. The summed E-state index contributed by atoms with van der Waals surface area (Å²) in [5.41, 5.74) is 0. The summed E-state index contributed by atoms with van der Waals surface area (Å²) in [7, 11) is 5.46. The zero-order chi connectivity index (χ0) is 20.2. The maximum Gasteiger partial charge on any atom is 0.239 e. The fraction of sp³-hybridized carbons (Fsp3) is 0.900. The molecule has 0 saturated carbocycles. The molecule has 2 aliphatic rings. The van der Waals surface area contributed by atoms with Crippen LogP contribution in [0.5, 0.6) is 0 Å². The Morgan fingerprint density at radius 3 is 2.66 bits per heavy atom. The molecule has 0 aromatic heterocycles. The second kappa shape index (κ2) is 15.2. The number of nitrogens with one attached hydrogen (secondary N) is 2. The number of rotatable bonds is 11. The van der Waals surface area contributed by atoms with Crippen molar-refractivity contribution in [2.75, 3.05) is 73.7 Å². The van der Waals surface area contributed by atoms with Crippen LogP contribution in [-0.4, -0.2) is 101 Å². The third-order valence-electron chi connectivity index (χ3n) is 5.36. The maximum absolute atomic E-state index is 12.2. The van der Waals surface area contributed by atoms with Gasteiger partial charge in [-0.1, -0.05) is 0 Å². The van der Waals surface area contributed by atoms with Gasteiger partial charge < -0.3 is 25.0 Å². The van der Waals surface area contributed by atoms with E-state index < -0.39 is 0 Å². The molecule has 2 heterocycles. The SMILES string of the molecule is CN=C(NCCCOCC1CCOC1)NCCCN1CCCC1C(=O)N(C)C.I. The number of halogens is 1. The number of amides is 1. The largest absolute Gasteiger partial charge is 0.381 e. The molecule has 2 unspecified atom stereocenters. The average molecular weight is 525 g/mol. The van der Waals surface area contributed by atoms with Gasteiger partial charge in [0.15, 0.2) is 5.96 Å². The van der Waals surface area contributed by atoms with Crippen LogP contribution in [0.25, 0.3) is 0 Å². The standard InChI is InChI=1S/C20H39N5O3.HI/c1-21-20(23-10-6-13-27-15-17-8-14-28-16-17)22-9-5-12-25-11-4-7-18(25)19(26)24(2)3;/h17-18H,4-16H2,1-3H3,(H2,21,22,23);1H. The lowest BCUT2D eigenvalue weighted by molar-refractivity contribution is -0.133. The van der Waals surface area contributed by atoms with Gasteiger partial charge in [-0.15, -0.1) is 24.0 Å². The second-order valence-corrected chi connectivity index (χ2v) is 7.86.